The van der Waals surface area contributed by atoms with Crippen molar-refractivity contribution in [1.29, 1.82) is 0 Å². The SMILES string of the molecule is COc1ccc(C)cc1C(C)NC(=O)/C=C/c1cccc(OC)c1OC(F)F. The molecule has 0 aliphatic rings. The molecule has 0 radical (unpaired) electrons. The number of nitrogens with one attached hydrogen (secondary N) is 1. The van der Waals surface area contributed by atoms with Crippen molar-refractivity contribution in [3.63, 3.8) is 0 Å². The van der Waals surface area contributed by atoms with Crippen LogP contribution < -0.4 is 19.5 Å². The molecule has 0 aromatic heterocycles. The van der Waals surface area contributed by atoms with E-state index in [-0.39, 0.29) is 23.4 Å². The summed E-state index contributed by atoms with van der Waals surface area (Å²) in [5, 5.41) is 2.83. The number of aryl methyl sites for hydroxylation is 1. The lowest BCUT2D eigenvalue weighted by Crippen LogP contribution is -2.25. The van der Waals surface area contributed by atoms with E-state index < -0.39 is 6.61 Å². The van der Waals surface area contributed by atoms with Gasteiger partial charge in [0.05, 0.1) is 20.3 Å². The van der Waals surface area contributed by atoms with Crippen molar-refractivity contribution in [2.24, 2.45) is 0 Å². The minimum Gasteiger partial charge on any atom is -0.496 e. The molecule has 0 saturated carbocycles. The summed E-state index contributed by atoms with van der Waals surface area (Å²) in [7, 11) is 2.92. The smallest absolute Gasteiger partial charge is 0.387 e. The zero-order chi connectivity index (χ0) is 20.7. The summed E-state index contributed by atoms with van der Waals surface area (Å²) in [6.07, 6.45) is 2.65. The largest absolute Gasteiger partial charge is 0.496 e. The van der Waals surface area contributed by atoms with Crippen LogP contribution in [0.4, 0.5) is 8.78 Å². The van der Waals surface area contributed by atoms with Gasteiger partial charge < -0.3 is 19.5 Å². The molecule has 7 heteroatoms. The molecule has 0 aliphatic carbocycles. The molecule has 0 aliphatic heterocycles. The number of hydrogen-bond acceptors (Lipinski definition) is 4. The van der Waals surface area contributed by atoms with Gasteiger partial charge in [-0.25, -0.2) is 0 Å². The van der Waals surface area contributed by atoms with Crippen molar-refractivity contribution >= 4 is 12.0 Å². The van der Waals surface area contributed by atoms with Gasteiger partial charge in [-0.15, -0.1) is 0 Å². The summed E-state index contributed by atoms with van der Waals surface area (Å²) in [6.45, 7) is 0.774. The maximum Gasteiger partial charge on any atom is 0.387 e. The second-order valence-corrected chi connectivity index (χ2v) is 6.07. The van der Waals surface area contributed by atoms with Gasteiger partial charge in [-0.3, -0.25) is 4.79 Å². The van der Waals surface area contributed by atoms with E-state index in [4.69, 9.17) is 9.47 Å². The van der Waals surface area contributed by atoms with E-state index in [2.05, 4.69) is 10.1 Å². The Hall–Kier alpha value is -3.09. The summed E-state index contributed by atoms with van der Waals surface area (Å²) in [6, 6.07) is 10.1. The predicted octanol–water partition coefficient (Wildman–Crippen LogP) is 4.50. The first-order valence-corrected chi connectivity index (χ1v) is 8.60. The van der Waals surface area contributed by atoms with Crippen LogP contribution in [0.5, 0.6) is 17.2 Å². The first kappa shape index (κ1) is 21.2. The molecule has 0 spiro atoms. The van der Waals surface area contributed by atoms with Crippen molar-refractivity contribution < 1.29 is 27.8 Å². The predicted molar refractivity (Wildman–Crippen MR) is 103 cm³/mol. The number of amides is 1. The van der Waals surface area contributed by atoms with Crippen LogP contribution in [0, 0.1) is 6.92 Å². The molecule has 1 amide bonds. The van der Waals surface area contributed by atoms with Crippen LogP contribution in [0.1, 0.15) is 29.7 Å². The van der Waals surface area contributed by atoms with Gasteiger partial charge in [0.15, 0.2) is 11.5 Å². The molecular weight excluding hydrogens is 368 g/mol. The van der Waals surface area contributed by atoms with Crippen molar-refractivity contribution in [1.82, 2.24) is 5.32 Å². The van der Waals surface area contributed by atoms with E-state index in [0.29, 0.717) is 11.3 Å². The number of rotatable bonds is 8. The van der Waals surface area contributed by atoms with Crippen LogP contribution >= 0.6 is 0 Å². The highest BCUT2D eigenvalue weighted by Gasteiger charge is 2.15. The highest BCUT2D eigenvalue weighted by atomic mass is 19.3. The van der Waals surface area contributed by atoms with Gasteiger partial charge in [0.25, 0.3) is 0 Å². The fraction of sp³-hybridized carbons (Fsp3) is 0.286. The lowest BCUT2D eigenvalue weighted by molar-refractivity contribution is -0.117. The average Bonchev–Trinajstić information content (AvgIpc) is 2.66. The normalized spacial score (nSPS) is 12.1. The number of carbonyl (C=O) groups excluding carboxylic acids is 1. The van der Waals surface area contributed by atoms with Crippen LogP contribution in [0.2, 0.25) is 0 Å². The Morgan fingerprint density at radius 2 is 1.82 bits per heavy atom. The van der Waals surface area contributed by atoms with Crippen LogP contribution in [0.15, 0.2) is 42.5 Å². The molecule has 0 bridgehead atoms. The van der Waals surface area contributed by atoms with E-state index in [1.165, 1.54) is 25.3 Å². The molecule has 28 heavy (non-hydrogen) atoms. The third-order valence-electron chi connectivity index (χ3n) is 4.06. The summed E-state index contributed by atoms with van der Waals surface area (Å²) >= 11 is 0. The summed E-state index contributed by atoms with van der Waals surface area (Å²) < 4.78 is 40.3. The highest BCUT2D eigenvalue weighted by Crippen LogP contribution is 2.33. The van der Waals surface area contributed by atoms with Gasteiger partial charge >= 0.3 is 6.61 Å². The summed E-state index contributed by atoms with van der Waals surface area (Å²) in [4.78, 5) is 12.3. The molecule has 150 valence electrons. The molecule has 2 aromatic rings. The quantitative estimate of drug-likeness (QED) is 0.673. The Morgan fingerprint density at radius 3 is 2.46 bits per heavy atom. The third kappa shape index (κ3) is 5.45. The van der Waals surface area contributed by atoms with Crippen LogP contribution in [0.25, 0.3) is 6.08 Å². The molecular formula is C21H23F2NO4. The summed E-state index contributed by atoms with van der Waals surface area (Å²) in [5.41, 5.74) is 2.18. The number of ether oxygens (including phenoxy) is 3. The topological polar surface area (TPSA) is 56.8 Å². The number of benzene rings is 2. The van der Waals surface area contributed by atoms with Gasteiger partial charge in [-0.05, 0) is 32.1 Å². The fourth-order valence-corrected chi connectivity index (χ4v) is 2.74. The monoisotopic (exact) mass is 391 g/mol. The van der Waals surface area contributed by atoms with Crippen molar-refractivity contribution in [2.45, 2.75) is 26.5 Å². The maximum absolute atomic E-state index is 12.7. The van der Waals surface area contributed by atoms with Gasteiger partial charge in [-0.2, -0.15) is 8.78 Å². The number of halogens is 2. The van der Waals surface area contributed by atoms with E-state index in [1.54, 1.807) is 19.2 Å². The molecule has 1 unspecified atom stereocenters. The van der Waals surface area contributed by atoms with Crippen molar-refractivity contribution in [2.75, 3.05) is 14.2 Å². The van der Waals surface area contributed by atoms with E-state index in [1.807, 2.05) is 32.0 Å². The van der Waals surface area contributed by atoms with Gasteiger partial charge in [0, 0.05) is 17.2 Å². The number of carbonyl (C=O) groups is 1. The van der Waals surface area contributed by atoms with Gasteiger partial charge in [-0.1, -0.05) is 29.8 Å². The third-order valence-corrected chi connectivity index (χ3v) is 4.06. The maximum atomic E-state index is 12.7. The van der Waals surface area contributed by atoms with E-state index >= 15 is 0 Å². The molecule has 1 atom stereocenters. The van der Waals surface area contributed by atoms with Crippen LogP contribution in [-0.2, 0) is 4.79 Å². The number of alkyl halides is 2. The van der Waals surface area contributed by atoms with Crippen molar-refractivity contribution in [3.05, 3.63) is 59.2 Å². The second kappa shape index (κ2) is 9.73. The summed E-state index contributed by atoms with van der Waals surface area (Å²) in [5.74, 6) is 0.308. The van der Waals surface area contributed by atoms with E-state index in [0.717, 1.165) is 11.1 Å². The Balaban J connectivity index is 2.17. The highest BCUT2D eigenvalue weighted by molar-refractivity contribution is 5.92. The molecule has 0 fully saturated rings. The van der Waals surface area contributed by atoms with E-state index in [9.17, 15) is 13.6 Å². The van der Waals surface area contributed by atoms with Gasteiger partial charge in [0.1, 0.15) is 5.75 Å². The number of hydrogen-bond donors (Lipinski definition) is 1. The minimum atomic E-state index is -3.01. The average molecular weight is 391 g/mol. The molecule has 0 saturated heterocycles. The first-order chi connectivity index (χ1) is 13.3. The lowest BCUT2D eigenvalue weighted by Gasteiger charge is -2.17. The molecule has 5 nitrogen and oxygen atoms in total. The zero-order valence-corrected chi connectivity index (χ0v) is 16.2. The Bertz CT molecular complexity index is 852. The number of methoxy groups -OCH3 is 2. The molecule has 0 heterocycles. The van der Waals surface area contributed by atoms with Crippen LogP contribution in [0.3, 0.4) is 0 Å². The van der Waals surface area contributed by atoms with Crippen LogP contribution in [-0.4, -0.2) is 26.7 Å². The molecule has 2 rings (SSSR count). The second-order valence-electron chi connectivity index (χ2n) is 6.07. The lowest BCUT2D eigenvalue weighted by atomic mass is 10.0. The molecule has 2 aromatic carbocycles. The first-order valence-electron chi connectivity index (χ1n) is 8.60. The standard InChI is InChI=1S/C21H23F2NO4/c1-13-8-10-17(26-3)16(12-13)14(2)24-19(25)11-9-15-6-5-7-18(27-4)20(15)28-21(22)23/h5-12,14,21H,1-4H3,(H,24,25)/b11-9+. The molecule has 1 N–H and O–H groups in total. The van der Waals surface area contributed by atoms with Crippen molar-refractivity contribution in [3.8, 4) is 17.2 Å². The van der Waals surface area contributed by atoms with Gasteiger partial charge in [0.2, 0.25) is 5.91 Å². The zero-order valence-electron chi connectivity index (χ0n) is 16.2. The fourth-order valence-electron chi connectivity index (χ4n) is 2.74. The Kier molecular flexibility index (Phi) is 7.37. The Labute approximate surface area is 162 Å². The number of para-hydroxylation sites is 1. The Morgan fingerprint density at radius 1 is 1.11 bits per heavy atom. The minimum absolute atomic E-state index is 0.127.